The number of carboxylic acids is 1. The average Bonchev–Trinajstić information content (AvgIpc) is 2.17. The van der Waals surface area contributed by atoms with E-state index in [2.05, 4.69) is 10.3 Å². The normalized spacial score (nSPS) is 11.8. The maximum Gasteiger partial charge on any atom is 0.305 e. The summed E-state index contributed by atoms with van der Waals surface area (Å²) in [5, 5.41) is 11.3. The van der Waals surface area contributed by atoms with Crippen LogP contribution in [0.15, 0.2) is 24.5 Å². The van der Waals surface area contributed by atoms with Crippen molar-refractivity contribution >= 4 is 11.9 Å². The Bertz CT molecular complexity index is 335. The van der Waals surface area contributed by atoms with E-state index >= 15 is 0 Å². The lowest BCUT2D eigenvalue weighted by atomic mass is 10.1. The molecule has 5 heteroatoms. The first-order valence-corrected chi connectivity index (χ1v) is 4.48. The Hall–Kier alpha value is -1.91. The van der Waals surface area contributed by atoms with Crippen molar-refractivity contribution in [2.75, 3.05) is 0 Å². The quantitative estimate of drug-likeness (QED) is 0.764. The topological polar surface area (TPSA) is 79.3 Å². The van der Waals surface area contributed by atoms with Gasteiger partial charge in [-0.3, -0.25) is 14.6 Å². The summed E-state index contributed by atoms with van der Waals surface area (Å²) < 4.78 is 0. The highest BCUT2D eigenvalue weighted by Crippen LogP contribution is 2.15. The zero-order chi connectivity index (χ0) is 11.3. The van der Waals surface area contributed by atoms with Gasteiger partial charge in [-0.1, -0.05) is 0 Å². The highest BCUT2D eigenvalue weighted by atomic mass is 16.4. The van der Waals surface area contributed by atoms with Crippen molar-refractivity contribution in [1.82, 2.24) is 10.3 Å². The van der Waals surface area contributed by atoms with Crippen LogP contribution in [0.2, 0.25) is 0 Å². The minimum absolute atomic E-state index is 0.135. The Morgan fingerprint density at radius 1 is 1.47 bits per heavy atom. The molecule has 1 rings (SSSR count). The van der Waals surface area contributed by atoms with E-state index in [0.29, 0.717) is 0 Å². The van der Waals surface area contributed by atoms with Crippen LogP contribution in [0, 0.1) is 0 Å². The molecule has 0 aliphatic heterocycles. The zero-order valence-corrected chi connectivity index (χ0v) is 8.30. The molecular formula is C10H12N2O3. The third-order valence-corrected chi connectivity index (χ3v) is 1.86. The third kappa shape index (κ3) is 3.76. The van der Waals surface area contributed by atoms with E-state index in [1.54, 1.807) is 24.5 Å². The van der Waals surface area contributed by atoms with Crippen LogP contribution in [0.3, 0.4) is 0 Å². The number of hydrogen-bond donors (Lipinski definition) is 2. The smallest absolute Gasteiger partial charge is 0.305 e. The van der Waals surface area contributed by atoms with Gasteiger partial charge in [0.2, 0.25) is 5.91 Å². The molecule has 15 heavy (non-hydrogen) atoms. The number of amides is 1. The number of carbonyl (C=O) groups is 2. The van der Waals surface area contributed by atoms with Crippen LogP contribution in [0.5, 0.6) is 0 Å². The number of aromatic nitrogens is 1. The second-order valence-electron chi connectivity index (χ2n) is 3.13. The summed E-state index contributed by atoms with van der Waals surface area (Å²) in [5.74, 6) is -1.20. The van der Waals surface area contributed by atoms with E-state index in [1.807, 2.05) is 0 Å². The molecule has 0 saturated heterocycles. The summed E-state index contributed by atoms with van der Waals surface area (Å²) >= 11 is 0. The molecule has 0 aliphatic rings. The van der Waals surface area contributed by atoms with Gasteiger partial charge in [0, 0.05) is 19.3 Å². The molecule has 1 amide bonds. The first-order valence-electron chi connectivity index (χ1n) is 4.48. The highest BCUT2D eigenvalue weighted by Gasteiger charge is 2.15. The lowest BCUT2D eigenvalue weighted by Crippen LogP contribution is -2.27. The second kappa shape index (κ2) is 5.09. The van der Waals surface area contributed by atoms with Crippen molar-refractivity contribution < 1.29 is 14.7 Å². The second-order valence-corrected chi connectivity index (χ2v) is 3.13. The Morgan fingerprint density at radius 3 is 2.53 bits per heavy atom. The molecule has 1 unspecified atom stereocenters. The van der Waals surface area contributed by atoms with Gasteiger partial charge in [-0.2, -0.15) is 0 Å². The highest BCUT2D eigenvalue weighted by molar-refractivity contribution is 5.75. The summed E-state index contributed by atoms with van der Waals surface area (Å²) in [6.07, 6.45) is 2.99. The van der Waals surface area contributed by atoms with Crippen LogP contribution in [0.25, 0.3) is 0 Å². The van der Waals surface area contributed by atoms with Crippen molar-refractivity contribution in [3.05, 3.63) is 30.1 Å². The zero-order valence-electron chi connectivity index (χ0n) is 8.30. The van der Waals surface area contributed by atoms with Crippen molar-refractivity contribution in [2.24, 2.45) is 0 Å². The number of rotatable bonds is 4. The molecule has 0 aliphatic carbocycles. The van der Waals surface area contributed by atoms with E-state index in [0.717, 1.165) is 5.56 Å². The molecule has 0 aromatic carbocycles. The number of nitrogens with one attached hydrogen (secondary N) is 1. The van der Waals surface area contributed by atoms with Crippen molar-refractivity contribution in [3.63, 3.8) is 0 Å². The van der Waals surface area contributed by atoms with Crippen LogP contribution >= 0.6 is 0 Å². The maximum atomic E-state index is 10.9. The molecule has 0 spiro atoms. The molecule has 1 atom stereocenters. The largest absolute Gasteiger partial charge is 0.481 e. The third-order valence-electron chi connectivity index (χ3n) is 1.86. The van der Waals surface area contributed by atoms with Crippen molar-refractivity contribution in [1.29, 1.82) is 0 Å². The van der Waals surface area contributed by atoms with E-state index in [-0.39, 0.29) is 12.3 Å². The van der Waals surface area contributed by atoms with Gasteiger partial charge in [-0.05, 0) is 17.7 Å². The predicted molar refractivity (Wildman–Crippen MR) is 53.0 cm³/mol. The molecule has 80 valence electrons. The van der Waals surface area contributed by atoms with Crippen LogP contribution in [0.4, 0.5) is 0 Å². The van der Waals surface area contributed by atoms with Crippen LogP contribution < -0.4 is 5.32 Å². The van der Waals surface area contributed by atoms with Crippen LogP contribution in [-0.4, -0.2) is 22.0 Å². The van der Waals surface area contributed by atoms with Crippen LogP contribution in [-0.2, 0) is 9.59 Å². The van der Waals surface area contributed by atoms with Gasteiger partial charge < -0.3 is 10.4 Å². The lowest BCUT2D eigenvalue weighted by molar-refractivity contribution is -0.137. The number of nitrogens with zero attached hydrogens (tertiary/aromatic N) is 1. The fourth-order valence-electron chi connectivity index (χ4n) is 1.27. The number of pyridine rings is 1. The monoisotopic (exact) mass is 208 g/mol. The van der Waals surface area contributed by atoms with E-state index in [4.69, 9.17) is 5.11 Å². The standard InChI is InChI=1S/C10H12N2O3/c1-7(13)12-9(6-10(14)15)8-2-4-11-5-3-8/h2-5,9H,6H2,1H3,(H,12,13)(H,14,15). The number of carbonyl (C=O) groups excluding carboxylic acids is 1. The fraction of sp³-hybridized carbons (Fsp3) is 0.300. The molecule has 1 aromatic rings. The van der Waals surface area contributed by atoms with Gasteiger partial charge in [0.1, 0.15) is 0 Å². The number of carboxylic acid groups (broad SMARTS) is 1. The Kier molecular flexibility index (Phi) is 3.79. The van der Waals surface area contributed by atoms with E-state index in [1.165, 1.54) is 6.92 Å². The van der Waals surface area contributed by atoms with E-state index < -0.39 is 12.0 Å². The fourth-order valence-corrected chi connectivity index (χ4v) is 1.27. The minimum Gasteiger partial charge on any atom is -0.481 e. The van der Waals surface area contributed by atoms with E-state index in [9.17, 15) is 9.59 Å². The molecule has 1 aromatic heterocycles. The first-order chi connectivity index (χ1) is 7.09. The van der Waals surface area contributed by atoms with Gasteiger partial charge in [0.15, 0.2) is 0 Å². The molecular weight excluding hydrogens is 196 g/mol. The summed E-state index contributed by atoms with van der Waals surface area (Å²) in [6.45, 7) is 1.36. The van der Waals surface area contributed by atoms with Gasteiger partial charge in [0.05, 0.1) is 12.5 Å². The molecule has 0 bridgehead atoms. The van der Waals surface area contributed by atoms with Gasteiger partial charge in [0.25, 0.3) is 0 Å². The summed E-state index contributed by atoms with van der Waals surface area (Å²) in [6, 6.07) is 2.87. The number of aliphatic carboxylic acids is 1. The Morgan fingerprint density at radius 2 is 2.07 bits per heavy atom. The van der Waals surface area contributed by atoms with Crippen molar-refractivity contribution in [2.45, 2.75) is 19.4 Å². The maximum absolute atomic E-state index is 10.9. The summed E-state index contributed by atoms with van der Waals surface area (Å²) in [5.41, 5.74) is 0.739. The predicted octanol–water partition coefficient (Wildman–Crippen LogP) is 0.733. The minimum atomic E-state index is -0.953. The van der Waals surface area contributed by atoms with Crippen molar-refractivity contribution in [3.8, 4) is 0 Å². The number of hydrogen-bond acceptors (Lipinski definition) is 3. The van der Waals surface area contributed by atoms with Gasteiger partial charge >= 0.3 is 5.97 Å². The van der Waals surface area contributed by atoms with Gasteiger partial charge in [-0.15, -0.1) is 0 Å². The average molecular weight is 208 g/mol. The Labute approximate surface area is 87.1 Å². The SMILES string of the molecule is CC(=O)NC(CC(=O)O)c1ccncc1. The van der Waals surface area contributed by atoms with Crippen LogP contribution in [0.1, 0.15) is 24.9 Å². The molecule has 0 fully saturated rings. The molecule has 0 saturated carbocycles. The van der Waals surface area contributed by atoms with Gasteiger partial charge in [-0.25, -0.2) is 0 Å². The molecule has 2 N–H and O–H groups in total. The first kappa shape index (κ1) is 11.2. The molecule has 1 heterocycles. The summed E-state index contributed by atoms with van der Waals surface area (Å²) in [4.78, 5) is 25.3. The summed E-state index contributed by atoms with van der Waals surface area (Å²) in [7, 11) is 0. The molecule has 0 radical (unpaired) electrons. The Balaban J connectivity index is 2.81. The lowest BCUT2D eigenvalue weighted by Gasteiger charge is -2.15. The molecule has 5 nitrogen and oxygen atoms in total.